The molecule has 0 aliphatic rings. The van der Waals surface area contributed by atoms with Crippen molar-refractivity contribution in [3.05, 3.63) is 89.9 Å². The van der Waals surface area contributed by atoms with Crippen LogP contribution in [-0.2, 0) is 19.7 Å². The number of imidazole rings is 1. The lowest BCUT2D eigenvalue weighted by Crippen LogP contribution is -2.37. The molecular formula is C26H31IN6O. The zero-order valence-corrected chi connectivity index (χ0v) is 21.9. The summed E-state index contributed by atoms with van der Waals surface area (Å²) >= 11 is 0. The maximum Gasteiger partial charge on any atom is 0.218 e. The Balaban J connectivity index is 0.00000324. The van der Waals surface area contributed by atoms with Crippen LogP contribution in [0.5, 0.6) is 5.88 Å². The van der Waals surface area contributed by atoms with Gasteiger partial charge in [-0.1, -0.05) is 48.5 Å². The van der Waals surface area contributed by atoms with Gasteiger partial charge in [0, 0.05) is 38.4 Å². The molecule has 0 saturated heterocycles. The Morgan fingerprint density at radius 3 is 2.62 bits per heavy atom. The molecule has 0 unspecified atom stereocenters. The van der Waals surface area contributed by atoms with Gasteiger partial charge in [0.2, 0.25) is 5.88 Å². The van der Waals surface area contributed by atoms with Gasteiger partial charge in [-0.15, -0.1) is 24.0 Å². The SMILES string of the molecule is CN=C(NCCCn1c(C)nc2ccccc21)NCc1cccnc1OCc1ccccc1.I. The van der Waals surface area contributed by atoms with Crippen molar-refractivity contribution in [2.45, 2.75) is 33.0 Å². The average molecular weight is 570 g/mol. The summed E-state index contributed by atoms with van der Waals surface area (Å²) in [4.78, 5) is 13.4. The normalized spacial score (nSPS) is 11.2. The molecule has 2 heterocycles. The Labute approximate surface area is 217 Å². The second-order valence-electron chi connectivity index (χ2n) is 7.75. The van der Waals surface area contributed by atoms with Crippen molar-refractivity contribution in [3.63, 3.8) is 0 Å². The summed E-state index contributed by atoms with van der Waals surface area (Å²) in [6, 6.07) is 22.3. The van der Waals surface area contributed by atoms with E-state index in [4.69, 9.17) is 4.74 Å². The first-order valence-corrected chi connectivity index (χ1v) is 11.2. The number of nitrogens with one attached hydrogen (secondary N) is 2. The molecule has 0 fully saturated rings. The molecule has 0 aliphatic carbocycles. The Morgan fingerprint density at radius 2 is 1.79 bits per heavy atom. The van der Waals surface area contributed by atoms with Crippen molar-refractivity contribution in [2.75, 3.05) is 13.6 Å². The lowest BCUT2D eigenvalue weighted by molar-refractivity contribution is 0.290. The van der Waals surface area contributed by atoms with E-state index in [1.807, 2.05) is 48.5 Å². The number of rotatable bonds is 9. The van der Waals surface area contributed by atoms with Gasteiger partial charge in [0.15, 0.2) is 5.96 Å². The van der Waals surface area contributed by atoms with E-state index in [-0.39, 0.29) is 24.0 Å². The van der Waals surface area contributed by atoms with Crippen LogP contribution in [0.2, 0.25) is 0 Å². The monoisotopic (exact) mass is 570 g/mol. The van der Waals surface area contributed by atoms with Crippen LogP contribution in [0.4, 0.5) is 0 Å². The van der Waals surface area contributed by atoms with Crippen molar-refractivity contribution >= 4 is 41.0 Å². The highest BCUT2D eigenvalue weighted by Crippen LogP contribution is 2.17. The van der Waals surface area contributed by atoms with E-state index in [0.717, 1.165) is 47.9 Å². The zero-order valence-electron chi connectivity index (χ0n) is 19.6. The Morgan fingerprint density at radius 1 is 1.00 bits per heavy atom. The van der Waals surface area contributed by atoms with Gasteiger partial charge in [-0.05, 0) is 37.1 Å². The number of fused-ring (bicyclic) bond motifs is 1. The van der Waals surface area contributed by atoms with Crippen molar-refractivity contribution in [1.29, 1.82) is 0 Å². The van der Waals surface area contributed by atoms with Crippen molar-refractivity contribution in [3.8, 4) is 5.88 Å². The molecule has 2 N–H and O–H groups in total. The highest BCUT2D eigenvalue weighted by Gasteiger charge is 2.08. The second kappa shape index (κ2) is 12.9. The predicted molar refractivity (Wildman–Crippen MR) is 148 cm³/mol. The number of guanidine groups is 1. The Kier molecular flexibility index (Phi) is 9.69. The molecule has 0 bridgehead atoms. The van der Waals surface area contributed by atoms with Crippen molar-refractivity contribution in [2.24, 2.45) is 4.99 Å². The number of aryl methyl sites for hydroxylation is 2. The molecule has 2 aromatic heterocycles. The smallest absolute Gasteiger partial charge is 0.218 e. The highest BCUT2D eigenvalue weighted by molar-refractivity contribution is 14.0. The molecule has 4 aromatic rings. The molecule has 0 atom stereocenters. The summed E-state index contributed by atoms with van der Waals surface area (Å²) in [6.07, 6.45) is 2.71. The van der Waals surface area contributed by atoms with Crippen molar-refractivity contribution in [1.82, 2.24) is 25.2 Å². The van der Waals surface area contributed by atoms with Crippen LogP contribution in [-0.4, -0.2) is 34.1 Å². The van der Waals surface area contributed by atoms with Crippen LogP contribution in [0.15, 0.2) is 77.9 Å². The van der Waals surface area contributed by atoms with Crippen LogP contribution < -0.4 is 15.4 Å². The highest BCUT2D eigenvalue weighted by atomic mass is 127. The molecule has 0 amide bonds. The number of hydrogen-bond acceptors (Lipinski definition) is 4. The number of benzene rings is 2. The first-order valence-electron chi connectivity index (χ1n) is 11.2. The molecule has 4 rings (SSSR count). The van der Waals surface area contributed by atoms with Gasteiger partial charge in [0.05, 0.1) is 11.0 Å². The van der Waals surface area contributed by atoms with E-state index in [1.165, 1.54) is 5.52 Å². The minimum atomic E-state index is 0. The number of hydrogen-bond donors (Lipinski definition) is 2. The first kappa shape index (κ1) is 25.5. The summed E-state index contributed by atoms with van der Waals surface area (Å²) in [6.45, 7) is 4.81. The van der Waals surface area contributed by atoms with E-state index < -0.39 is 0 Å². The number of aliphatic imine (C=N–C) groups is 1. The number of halogens is 1. The lowest BCUT2D eigenvalue weighted by Gasteiger charge is -2.14. The van der Waals surface area contributed by atoms with Crippen LogP contribution in [0.25, 0.3) is 11.0 Å². The maximum absolute atomic E-state index is 5.96. The predicted octanol–water partition coefficient (Wildman–Crippen LogP) is 4.69. The van der Waals surface area contributed by atoms with E-state index in [0.29, 0.717) is 19.0 Å². The van der Waals surface area contributed by atoms with Crippen LogP contribution in [0.1, 0.15) is 23.4 Å². The third-order valence-electron chi connectivity index (χ3n) is 5.43. The zero-order chi connectivity index (χ0) is 22.9. The maximum atomic E-state index is 5.96. The van der Waals surface area contributed by atoms with E-state index in [9.17, 15) is 0 Å². The summed E-state index contributed by atoms with van der Waals surface area (Å²) in [5.41, 5.74) is 4.32. The Hall–Kier alpha value is -3.14. The van der Waals surface area contributed by atoms with E-state index >= 15 is 0 Å². The van der Waals surface area contributed by atoms with Gasteiger partial charge < -0.3 is 19.9 Å². The van der Waals surface area contributed by atoms with Crippen LogP contribution >= 0.6 is 24.0 Å². The van der Waals surface area contributed by atoms with Crippen LogP contribution in [0, 0.1) is 6.92 Å². The van der Waals surface area contributed by atoms with Crippen molar-refractivity contribution < 1.29 is 4.74 Å². The quantitative estimate of drug-likeness (QED) is 0.132. The van der Waals surface area contributed by atoms with Gasteiger partial charge in [0.1, 0.15) is 12.4 Å². The molecule has 7 nitrogen and oxygen atoms in total. The number of para-hydroxylation sites is 2. The van der Waals surface area contributed by atoms with Gasteiger partial charge in [-0.3, -0.25) is 4.99 Å². The fourth-order valence-corrected chi connectivity index (χ4v) is 3.74. The molecule has 0 radical (unpaired) electrons. The van der Waals surface area contributed by atoms with Gasteiger partial charge in [-0.2, -0.15) is 0 Å². The summed E-state index contributed by atoms with van der Waals surface area (Å²) in [7, 11) is 1.78. The van der Waals surface area contributed by atoms with E-state index in [1.54, 1.807) is 13.2 Å². The number of ether oxygens (including phenoxy) is 1. The fourth-order valence-electron chi connectivity index (χ4n) is 3.74. The number of pyridine rings is 1. The minimum absolute atomic E-state index is 0. The molecule has 0 saturated carbocycles. The molecule has 178 valence electrons. The first-order chi connectivity index (χ1) is 16.2. The topological polar surface area (TPSA) is 76.4 Å². The summed E-state index contributed by atoms with van der Waals surface area (Å²) in [5, 5.41) is 6.75. The van der Waals surface area contributed by atoms with Gasteiger partial charge in [-0.25, -0.2) is 9.97 Å². The average Bonchev–Trinajstić information content (AvgIpc) is 3.18. The van der Waals surface area contributed by atoms with Gasteiger partial charge in [0.25, 0.3) is 0 Å². The molecule has 0 aliphatic heterocycles. The van der Waals surface area contributed by atoms with Gasteiger partial charge >= 0.3 is 0 Å². The third-order valence-corrected chi connectivity index (χ3v) is 5.43. The summed E-state index contributed by atoms with van der Waals surface area (Å²) < 4.78 is 8.22. The van der Waals surface area contributed by atoms with Crippen LogP contribution in [0.3, 0.4) is 0 Å². The number of aromatic nitrogens is 3. The standard InChI is InChI=1S/C26H30N6O.HI/c1-20-31-23-13-6-7-14-24(23)32(20)17-9-16-29-26(27-2)30-18-22-12-8-15-28-25(22)33-19-21-10-4-3-5-11-21;/h3-8,10-15H,9,16-19H2,1-2H3,(H2,27,29,30);1H. The second-order valence-corrected chi connectivity index (χ2v) is 7.75. The third kappa shape index (κ3) is 6.69. The van der Waals surface area contributed by atoms with E-state index in [2.05, 4.69) is 55.3 Å². The number of nitrogens with zero attached hydrogens (tertiary/aromatic N) is 4. The fraction of sp³-hybridized carbons (Fsp3) is 0.269. The Bertz CT molecular complexity index is 1210. The molecule has 34 heavy (non-hydrogen) atoms. The molecule has 0 spiro atoms. The summed E-state index contributed by atoms with van der Waals surface area (Å²) in [5.74, 6) is 2.42. The molecular weight excluding hydrogens is 539 g/mol. The largest absolute Gasteiger partial charge is 0.473 e. The molecule has 2 aromatic carbocycles. The lowest BCUT2D eigenvalue weighted by atomic mass is 10.2. The minimum Gasteiger partial charge on any atom is -0.473 e. The molecule has 8 heteroatoms.